The molecular weight excluding hydrogens is 376 g/mol. The van der Waals surface area contributed by atoms with Gasteiger partial charge in [-0.2, -0.15) is 5.26 Å². The molecule has 138 valence electrons. The second-order valence-electron chi connectivity index (χ2n) is 7.07. The van der Waals surface area contributed by atoms with Crippen molar-refractivity contribution in [2.45, 2.75) is 38.3 Å². The lowest BCUT2D eigenvalue weighted by atomic mass is 9.89. The maximum absolute atomic E-state index is 12.4. The van der Waals surface area contributed by atoms with E-state index >= 15 is 0 Å². The smallest absolute Gasteiger partial charge is 0.235 e. The molecule has 2 heterocycles. The number of anilines is 1. The zero-order valence-electron chi connectivity index (χ0n) is 15.3. The van der Waals surface area contributed by atoms with Gasteiger partial charge in [-0.1, -0.05) is 24.8 Å². The summed E-state index contributed by atoms with van der Waals surface area (Å²) in [7, 11) is 0. The standard InChI is InChI=1S/C20H20N4OS2/c1-11-4-6-15-16(7-11)23-20(22-15)26-10-18(25)24-19-14(9-21)13-5-3-12(2)8-17(13)27-19/h4,6-7,12H,3,5,8,10H2,1-2H3,(H,22,23)(H,24,25). The predicted octanol–water partition coefficient (Wildman–Crippen LogP) is 4.66. The first-order valence-electron chi connectivity index (χ1n) is 8.97. The third-order valence-electron chi connectivity index (χ3n) is 4.83. The first kappa shape index (κ1) is 18.1. The fraction of sp³-hybridized carbons (Fsp3) is 0.350. The fourth-order valence-corrected chi connectivity index (χ4v) is 5.48. The Morgan fingerprint density at radius 3 is 3.19 bits per heavy atom. The van der Waals surface area contributed by atoms with Gasteiger partial charge in [0.05, 0.1) is 22.3 Å². The highest BCUT2D eigenvalue weighted by Crippen LogP contribution is 2.39. The molecule has 0 saturated heterocycles. The number of nitrogens with one attached hydrogen (secondary N) is 2. The fourth-order valence-electron chi connectivity index (χ4n) is 3.42. The minimum absolute atomic E-state index is 0.111. The quantitative estimate of drug-likeness (QED) is 0.629. The van der Waals surface area contributed by atoms with E-state index in [0.29, 0.717) is 16.5 Å². The van der Waals surface area contributed by atoms with Gasteiger partial charge in [-0.25, -0.2) is 4.98 Å². The van der Waals surface area contributed by atoms with Crippen molar-refractivity contribution in [3.8, 4) is 6.07 Å². The Morgan fingerprint density at radius 1 is 1.52 bits per heavy atom. The number of fused-ring (bicyclic) bond motifs is 2. The molecule has 0 spiro atoms. The largest absolute Gasteiger partial charge is 0.333 e. The number of carbonyl (C=O) groups excluding carboxylic acids is 1. The highest BCUT2D eigenvalue weighted by atomic mass is 32.2. The number of aromatic nitrogens is 2. The number of nitrogens with zero attached hydrogens (tertiary/aromatic N) is 2. The van der Waals surface area contributed by atoms with Crippen LogP contribution in [0.2, 0.25) is 0 Å². The van der Waals surface area contributed by atoms with E-state index in [4.69, 9.17) is 0 Å². The van der Waals surface area contributed by atoms with E-state index in [0.717, 1.165) is 41.0 Å². The first-order chi connectivity index (χ1) is 13.0. The summed E-state index contributed by atoms with van der Waals surface area (Å²) in [4.78, 5) is 21.4. The number of aromatic amines is 1. The van der Waals surface area contributed by atoms with Crippen molar-refractivity contribution in [2.24, 2.45) is 5.92 Å². The monoisotopic (exact) mass is 396 g/mol. The van der Waals surface area contributed by atoms with Crippen LogP contribution in [0.25, 0.3) is 11.0 Å². The number of amides is 1. The van der Waals surface area contributed by atoms with Crippen LogP contribution < -0.4 is 5.32 Å². The van der Waals surface area contributed by atoms with Crippen LogP contribution in [-0.2, 0) is 17.6 Å². The van der Waals surface area contributed by atoms with Crippen LogP contribution in [0.3, 0.4) is 0 Å². The molecule has 0 bridgehead atoms. The average molecular weight is 397 g/mol. The van der Waals surface area contributed by atoms with Crippen LogP contribution in [0, 0.1) is 24.2 Å². The second-order valence-corrected chi connectivity index (χ2v) is 9.14. The Balaban J connectivity index is 1.44. The number of H-pyrrole nitrogens is 1. The van der Waals surface area contributed by atoms with Crippen molar-refractivity contribution in [1.29, 1.82) is 5.26 Å². The van der Waals surface area contributed by atoms with E-state index in [-0.39, 0.29) is 11.7 Å². The zero-order chi connectivity index (χ0) is 19.0. The maximum Gasteiger partial charge on any atom is 0.235 e. The number of nitriles is 1. The summed E-state index contributed by atoms with van der Waals surface area (Å²) >= 11 is 2.93. The van der Waals surface area contributed by atoms with Crippen molar-refractivity contribution < 1.29 is 4.79 Å². The summed E-state index contributed by atoms with van der Waals surface area (Å²) in [5, 5.41) is 13.9. The van der Waals surface area contributed by atoms with Gasteiger partial charge in [0.25, 0.3) is 0 Å². The third kappa shape index (κ3) is 3.73. The van der Waals surface area contributed by atoms with E-state index in [9.17, 15) is 10.1 Å². The summed E-state index contributed by atoms with van der Waals surface area (Å²) in [6.07, 6.45) is 3.03. The number of imidazole rings is 1. The predicted molar refractivity (Wildman–Crippen MR) is 110 cm³/mol. The second kappa shape index (κ2) is 7.37. The summed E-state index contributed by atoms with van der Waals surface area (Å²) in [6.45, 7) is 4.27. The molecule has 0 aliphatic heterocycles. The van der Waals surface area contributed by atoms with Crippen LogP contribution in [0.5, 0.6) is 0 Å². The lowest BCUT2D eigenvalue weighted by molar-refractivity contribution is -0.113. The van der Waals surface area contributed by atoms with E-state index in [1.165, 1.54) is 22.2 Å². The molecule has 0 fully saturated rings. The molecule has 2 aromatic heterocycles. The number of benzene rings is 1. The van der Waals surface area contributed by atoms with Crippen molar-refractivity contribution >= 4 is 45.0 Å². The first-order valence-corrected chi connectivity index (χ1v) is 10.8. The van der Waals surface area contributed by atoms with Crippen LogP contribution in [0.4, 0.5) is 5.00 Å². The molecule has 1 aliphatic rings. The Morgan fingerprint density at radius 2 is 2.37 bits per heavy atom. The number of rotatable bonds is 4. The molecule has 0 saturated carbocycles. The van der Waals surface area contributed by atoms with Crippen LogP contribution >= 0.6 is 23.1 Å². The lowest BCUT2D eigenvalue weighted by Crippen LogP contribution is -2.14. The molecule has 27 heavy (non-hydrogen) atoms. The van der Waals surface area contributed by atoms with Gasteiger partial charge in [0.1, 0.15) is 11.1 Å². The summed E-state index contributed by atoms with van der Waals surface area (Å²) in [6, 6.07) is 8.33. The molecule has 1 aromatic carbocycles. The van der Waals surface area contributed by atoms with Crippen LogP contribution in [0.1, 0.15) is 34.9 Å². The Hall–Kier alpha value is -2.30. The van der Waals surface area contributed by atoms with Crippen molar-refractivity contribution in [3.05, 3.63) is 39.8 Å². The number of carbonyl (C=O) groups is 1. The van der Waals surface area contributed by atoms with Crippen molar-refractivity contribution in [1.82, 2.24) is 9.97 Å². The number of thiophene rings is 1. The Bertz CT molecular complexity index is 1060. The molecule has 0 radical (unpaired) electrons. The topological polar surface area (TPSA) is 81.6 Å². The molecule has 2 N–H and O–H groups in total. The molecule has 1 atom stereocenters. The maximum atomic E-state index is 12.4. The van der Waals surface area contributed by atoms with Gasteiger partial charge in [-0.3, -0.25) is 4.79 Å². The van der Waals surface area contributed by atoms with Gasteiger partial charge in [-0.05, 0) is 55.4 Å². The van der Waals surface area contributed by atoms with Gasteiger partial charge >= 0.3 is 0 Å². The number of aryl methyl sites for hydroxylation is 1. The lowest BCUT2D eigenvalue weighted by Gasteiger charge is -2.17. The minimum Gasteiger partial charge on any atom is -0.333 e. The van der Waals surface area contributed by atoms with Gasteiger partial charge < -0.3 is 10.3 Å². The molecule has 1 unspecified atom stereocenters. The van der Waals surface area contributed by atoms with Crippen LogP contribution in [0.15, 0.2) is 23.4 Å². The number of thioether (sulfide) groups is 1. The van der Waals surface area contributed by atoms with Gasteiger partial charge in [-0.15, -0.1) is 11.3 Å². The normalized spacial score (nSPS) is 16.1. The summed E-state index contributed by atoms with van der Waals surface area (Å²) in [5.74, 6) is 0.779. The summed E-state index contributed by atoms with van der Waals surface area (Å²) < 4.78 is 0. The third-order valence-corrected chi connectivity index (χ3v) is 6.88. The minimum atomic E-state index is -0.111. The molecule has 7 heteroatoms. The highest BCUT2D eigenvalue weighted by molar-refractivity contribution is 7.99. The van der Waals surface area contributed by atoms with Gasteiger partial charge in [0.15, 0.2) is 5.16 Å². The van der Waals surface area contributed by atoms with Gasteiger partial charge in [0.2, 0.25) is 5.91 Å². The number of hydrogen-bond donors (Lipinski definition) is 2. The van der Waals surface area contributed by atoms with Crippen LogP contribution in [-0.4, -0.2) is 21.6 Å². The molecule has 4 rings (SSSR count). The molecule has 1 aliphatic carbocycles. The Kier molecular flexibility index (Phi) is 4.94. The van der Waals surface area contributed by atoms with Gasteiger partial charge in [0, 0.05) is 4.88 Å². The summed E-state index contributed by atoms with van der Waals surface area (Å²) in [5.41, 5.74) is 4.83. The van der Waals surface area contributed by atoms with E-state index < -0.39 is 0 Å². The number of hydrogen-bond acceptors (Lipinski definition) is 5. The van der Waals surface area contributed by atoms with Crippen molar-refractivity contribution in [3.63, 3.8) is 0 Å². The molecule has 5 nitrogen and oxygen atoms in total. The zero-order valence-corrected chi connectivity index (χ0v) is 16.9. The Labute approximate surface area is 166 Å². The highest BCUT2D eigenvalue weighted by Gasteiger charge is 2.24. The molecular formula is C20H20N4OS2. The van der Waals surface area contributed by atoms with Crippen molar-refractivity contribution in [2.75, 3.05) is 11.1 Å². The average Bonchev–Trinajstić information content (AvgIpc) is 3.19. The van der Waals surface area contributed by atoms with E-state index in [2.05, 4.69) is 28.3 Å². The SMILES string of the molecule is Cc1ccc2nc(SCC(=O)Nc3sc4c(c3C#N)CCC(C)C4)[nH]c2c1. The van der Waals surface area contributed by atoms with E-state index in [1.807, 2.05) is 25.1 Å². The molecule has 3 aromatic rings. The molecule has 1 amide bonds. The van der Waals surface area contributed by atoms with E-state index in [1.54, 1.807) is 11.3 Å².